The number of hydrogen-bond donors (Lipinski definition) is 1. The van der Waals surface area contributed by atoms with E-state index in [1.807, 2.05) is 0 Å². The van der Waals surface area contributed by atoms with Gasteiger partial charge in [0.25, 0.3) is 0 Å². The van der Waals surface area contributed by atoms with Crippen molar-refractivity contribution in [1.29, 1.82) is 0 Å². The minimum Gasteiger partial charge on any atom is -0.342 e. The van der Waals surface area contributed by atoms with Gasteiger partial charge in [-0.15, -0.1) is 0 Å². The summed E-state index contributed by atoms with van der Waals surface area (Å²) in [7, 11) is 0. The van der Waals surface area contributed by atoms with Crippen LogP contribution in [0.3, 0.4) is 0 Å². The normalized spacial score (nSPS) is 29.5. The first-order valence-electron chi connectivity index (χ1n) is 7.82. The van der Waals surface area contributed by atoms with Crippen LogP contribution in [-0.2, 0) is 9.59 Å². The van der Waals surface area contributed by atoms with E-state index in [1.54, 1.807) is 4.90 Å². The van der Waals surface area contributed by atoms with Gasteiger partial charge >= 0.3 is 0 Å². The average Bonchev–Trinajstić information content (AvgIpc) is 3.24. The van der Waals surface area contributed by atoms with E-state index in [-0.39, 0.29) is 24.4 Å². The molecule has 1 atom stereocenters. The van der Waals surface area contributed by atoms with Crippen molar-refractivity contribution in [1.82, 2.24) is 10.2 Å². The fourth-order valence-electron chi connectivity index (χ4n) is 3.45. The van der Waals surface area contributed by atoms with Crippen LogP contribution in [0.2, 0.25) is 0 Å². The van der Waals surface area contributed by atoms with Crippen molar-refractivity contribution in [2.45, 2.75) is 57.4 Å². The monoisotopic (exact) mass is 264 g/mol. The van der Waals surface area contributed by atoms with Crippen molar-refractivity contribution in [3.63, 3.8) is 0 Å². The first kappa shape index (κ1) is 12.9. The Morgan fingerprint density at radius 3 is 2.47 bits per heavy atom. The fourth-order valence-corrected chi connectivity index (χ4v) is 3.45. The number of nitrogens with zero attached hydrogens (tertiary/aromatic N) is 1. The highest BCUT2D eigenvalue weighted by Gasteiger charge is 2.38. The zero-order chi connectivity index (χ0) is 13.2. The quantitative estimate of drug-likeness (QED) is 0.840. The second-order valence-electron chi connectivity index (χ2n) is 6.44. The minimum absolute atomic E-state index is 0.0333. The molecule has 2 aliphatic carbocycles. The third-order valence-electron chi connectivity index (χ3n) is 4.85. The number of carbonyl (C=O) groups excluding carboxylic acids is 2. The van der Waals surface area contributed by atoms with E-state index in [0.717, 1.165) is 31.7 Å². The molecule has 106 valence electrons. The molecule has 4 heteroatoms. The van der Waals surface area contributed by atoms with Gasteiger partial charge in [0.1, 0.15) is 6.04 Å². The number of rotatable bonds is 4. The van der Waals surface area contributed by atoms with Crippen LogP contribution in [0.4, 0.5) is 0 Å². The van der Waals surface area contributed by atoms with Crippen molar-refractivity contribution in [3.8, 4) is 0 Å². The summed E-state index contributed by atoms with van der Waals surface area (Å²) in [5.74, 6) is 1.39. The average molecular weight is 264 g/mol. The summed E-state index contributed by atoms with van der Waals surface area (Å²) >= 11 is 0. The van der Waals surface area contributed by atoms with Gasteiger partial charge in [-0.3, -0.25) is 9.59 Å². The molecule has 4 nitrogen and oxygen atoms in total. The minimum atomic E-state index is -0.235. The van der Waals surface area contributed by atoms with Gasteiger partial charge in [-0.05, 0) is 31.1 Å². The molecule has 3 aliphatic rings. The molecule has 1 saturated heterocycles. The fraction of sp³-hybridized carbons (Fsp3) is 0.867. The predicted octanol–water partition coefficient (Wildman–Crippen LogP) is 1.69. The Kier molecular flexibility index (Phi) is 3.76. The van der Waals surface area contributed by atoms with E-state index in [4.69, 9.17) is 0 Å². The number of amides is 2. The van der Waals surface area contributed by atoms with Crippen LogP contribution in [0, 0.1) is 11.8 Å². The maximum atomic E-state index is 12.5. The van der Waals surface area contributed by atoms with E-state index < -0.39 is 0 Å². The Bertz CT molecular complexity index is 359. The molecular weight excluding hydrogens is 240 g/mol. The summed E-state index contributed by atoms with van der Waals surface area (Å²) in [6.07, 6.45) is 9.55. The molecule has 1 heterocycles. The molecule has 1 N–H and O–H groups in total. The lowest BCUT2D eigenvalue weighted by Gasteiger charge is -2.37. The molecule has 2 amide bonds. The third-order valence-corrected chi connectivity index (χ3v) is 4.85. The molecule has 3 rings (SSSR count). The molecule has 0 aromatic rings. The maximum Gasteiger partial charge on any atom is 0.245 e. The Labute approximate surface area is 114 Å². The molecule has 1 aliphatic heterocycles. The molecule has 2 saturated carbocycles. The SMILES string of the molecule is O=C1CN(CCC2CC2)C(=O)C(C2CCCCC2)N1. The highest BCUT2D eigenvalue weighted by Crippen LogP contribution is 2.33. The molecule has 0 radical (unpaired) electrons. The van der Waals surface area contributed by atoms with Crippen molar-refractivity contribution in [2.24, 2.45) is 11.8 Å². The molecule has 19 heavy (non-hydrogen) atoms. The van der Waals surface area contributed by atoms with Crippen LogP contribution >= 0.6 is 0 Å². The number of nitrogens with one attached hydrogen (secondary N) is 1. The smallest absolute Gasteiger partial charge is 0.245 e. The van der Waals surface area contributed by atoms with Gasteiger partial charge in [0.2, 0.25) is 11.8 Å². The van der Waals surface area contributed by atoms with E-state index in [0.29, 0.717) is 5.92 Å². The maximum absolute atomic E-state index is 12.5. The summed E-state index contributed by atoms with van der Waals surface area (Å²) in [4.78, 5) is 26.1. The molecule has 0 bridgehead atoms. The van der Waals surface area contributed by atoms with Crippen LogP contribution in [0.15, 0.2) is 0 Å². The van der Waals surface area contributed by atoms with Gasteiger partial charge in [-0.25, -0.2) is 0 Å². The van der Waals surface area contributed by atoms with Crippen molar-refractivity contribution < 1.29 is 9.59 Å². The molecule has 0 aromatic carbocycles. The van der Waals surface area contributed by atoms with Crippen molar-refractivity contribution in [2.75, 3.05) is 13.1 Å². The van der Waals surface area contributed by atoms with E-state index >= 15 is 0 Å². The topological polar surface area (TPSA) is 49.4 Å². The van der Waals surface area contributed by atoms with Gasteiger partial charge in [-0.1, -0.05) is 32.1 Å². The molecule has 1 unspecified atom stereocenters. The van der Waals surface area contributed by atoms with Crippen LogP contribution < -0.4 is 5.32 Å². The number of carbonyl (C=O) groups is 2. The Morgan fingerprint density at radius 1 is 1.05 bits per heavy atom. The van der Waals surface area contributed by atoms with E-state index in [1.165, 1.54) is 32.1 Å². The highest BCUT2D eigenvalue weighted by atomic mass is 16.2. The largest absolute Gasteiger partial charge is 0.342 e. The van der Waals surface area contributed by atoms with Gasteiger partial charge in [0.05, 0.1) is 6.54 Å². The lowest BCUT2D eigenvalue weighted by molar-refractivity contribution is -0.146. The van der Waals surface area contributed by atoms with Gasteiger partial charge in [-0.2, -0.15) is 0 Å². The molecule has 0 aromatic heterocycles. The summed E-state index contributed by atoms with van der Waals surface area (Å²) in [5, 5.41) is 2.94. The lowest BCUT2D eigenvalue weighted by atomic mass is 9.82. The van der Waals surface area contributed by atoms with Gasteiger partial charge in [0, 0.05) is 6.54 Å². The van der Waals surface area contributed by atoms with Gasteiger partial charge in [0.15, 0.2) is 0 Å². The van der Waals surface area contributed by atoms with Crippen LogP contribution in [0.1, 0.15) is 51.4 Å². The summed E-state index contributed by atoms with van der Waals surface area (Å²) < 4.78 is 0. The Morgan fingerprint density at radius 2 is 1.79 bits per heavy atom. The van der Waals surface area contributed by atoms with Crippen LogP contribution in [-0.4, -0.2) is 35.8 Å². The Hall–Kier alpha value is -1.06. The highest BCUT2D eigenvalue weighted by molar-refractivity contribution is 5.95. The van der Waals surface area contributed by atoms with E-state index in [9.17, 15) is 9.59 Å². The van der Waals surface area contributed by atoms with E-state index in [2.05, 4.69) is 5.32 Å². The first-order valence-corrected chi connectivity index (χ1v) is 7.82. The van der Waals surface area contributed by atoms with Crippen molar-refractivity contribution in [3.05, 3.63) is 0 Å². The van der Waals surface area contributed by atoms with Crippen LogP contribution in [0.25, 0.3) is 0 Å². The zero-order valence-electron chi connectivity index (χ0n) is 11.6. The molecule has 3 fully saturated rings. The predicted molar refractivity (Wildman–Crippen MR) is 72.4 cm³/mol. The van der Waals surface area contributed by atoms with Gasteiger partial charge < -0.3 is 10.2 Å². The number of hydrogen-bond acceptors (Lipinski definition) is 2. The molecule has 0 spiro atoms. The van der Waals surface area contributed by atoms with Crippen molar-refractivity contribution >= 4 is 11.8 Å². The summed E-state index contributed by atoms with van der Waals surface area (Å²) in [5.41, 5.74) is 0. The third kappa shape index (κ3) is 3.10. The molecular formula is C15H24N2O2. The second-order valence-corrected chi connectivity index (χ2v) is 6.44. The zero-order valence-corrected chi connectivity index (χ0v) is 11.6. The first-order chi connectivity index (χ1) is 9.24. The second kappa shape index (κ2) is 5.51. The van der Waals surface area contributed by atoms with Crippen LogP contribution in [0.5, 0.6) is 0 Å². The summed E-state index contributed by atoms with van der Waals surface area (Å²) in [6.45, 7) is 1.05. The summed E-state index contributed by atoms with van der Waals surface area (Å²) in [6, 6.07) is -0.235. The number of piperazine rings is 1. The standard InChI is InChI=1S/C15H24N2O2/c18-13-10-17(9-8-11-6-7-11)15(19)14(16-13)12-4-2-1-3-5-12/h11-12,14H,1-10H2,(H,16,18). The Balaban J connectivity index is 1.61. The lowest BCUT2D eigenvalue weighted by Crippen LogP contribution is -2.60.